The van der Waals surface area contributed by atoms with Crippen molar-refractivity contribution in [1.82, 2.24) is 9.80 Å². The molecule has 8 nitrogen and oxygen atoms in total. The van der Waals surface area contributed by atoms with Crippen LogP contribution in [0.1, 0.15) is 45.1 Å². The fraction of sp³-hybridized carbons (Fsp3) is 0.731. The summed E-state index contributed by atoms with van der Waals surface area (Å²) in [4.78, 5) is 16.4. The predicted molar refractivity (Wildman–Crippen MR) is 132 cm³/mol. The normalized spacial score (nSPS) is 24.8. The van der Waals surface area contributed by atoms with Crippen LogP contribution in [0, 0.1) is 12.8 Å². The van der Waals surface area contributed by atoms with Crippen LogP contribution in [0.5, 0.6) is 0 Å². The lowest BCUT2D eigenvalue weighted by Gasteiger charge is -2.33. The molecule has 194 valence electrons. The molecule has 0 aromatic carbocycles. The molecule has 0 unspecified atom stereocenters. The minimum absolute atomic E-state index is 0.00188. The Morgan fingerprint density at radius 1 is 1.24 bits per heavy atom. The van der Waals surface area contributed by atoms with Gasteiger partial charge in [0.25, 0.3) is 0 Å². The van der Waals surface area contributed by atoms with E-state index >= 15 is 0 Å². The minimum atomic E-state index is -1.14. The standard InChI is InChI=1S/C26H44N2O6/c1-20(2)11-17-33-25-18-28(22(4)29)15-14-27(13-7-8-23-10-9-21(3)34-23)12-5-6-16-32-19-24(30)26(25)31/h5-6,9-10,20,24-26,30-31H,7-8,11-19H2,1-4H3/b6-5+/t24-,25-,26-/m1/s1. The third kappa shape index (κ3) is 10.7. The number of carbonyl (C=O) groups is 1. The molecular weight excluding hydrogens is 436 g/mol. The molecule has 2 rings (SSSR count). The van der Waals surface area contributed by atoms with Crippen LogP contribution in [0.4, 0.5) is 0 Å². The molecule has 2 N–H and O–H groups in total. The Morgan fingerprint density at radius 2 is 2.03 bits per heavy atom. The maximum absolute atomic E-state index is 12.4. The summed E-state index contributed by atoms with van der Waals surface area (Å²) in [6, 6.07) is 4.00. The lowest BCUT2D eigenvalue weighted by Crippen LogP contribution is -2.50. The van der Waals surface area contributed by atoms with Crippen LogP contribution in [0.2, 0.25) is 0 Å². The van der Waals surface area contributed by atoms with Gasteiger partial charge < -0.3 is 29.0 Å². The van der Waals surface area contributed by atoms with Gasteiger partial charge in [-0.1, -0.05) is 26.0 Å². The van der Waals surface area contributed by atoms with Crippen LogP contribution >= 0.6 is 0 Å². The number of nitrogens with zero attached hydrogens (tertiary/aromatic N) is 2. The van der Waals surface area contributed by atoms with Crippen LogP contribution in [-0.4, -0.2) is 96.8 Å². The van der Waals surface area contributed by atoms with Crippen LogP contribution in [0.15, 0.2) is 28.7 Å². The van der Waals surface area contributed by atoms with Gasteiger partial charge in [0.05, 0.1) is 13.2 Å². The van der Waals surface area contributed by atoms with Crippen molar-refractivity contribution < 1.29 is 28.9 Å². The topological polar surface area (TPSA) is 95.6 Å². The van der Waals surface area contributed by atoms with E-state index in [2.05, 4.69) is 18.7 Å². The van der Waals surface area contributed by atoms with Gasteiger partial charge in [0.1, 0.15) is 29.8 Å². The molecule has 1 aromatic heterocycles. The predicted octanol–water partition coefficient (Wildman–Crippen LogP) is 2.41. The fourth-order valence-corrected chi connectivity index (χ4v) is 3.86. The van der Waals surface area contributed by atoms with E-state index in [0.717, 1.165) is 43.9 Å². The summed E-state index contributed by atoms with van der Waals surface area (Å²) in [5, 5.41) is 21.2. The van der Waals surface area contributed by atoms with Crippen molar-refractivity contribution in [2.75, 3.05) is 52.5 Å². The average Bonchev–Trinajstić information content (AvgIpc) is 3.20. The fourth-order valence-electron chi connectivity index (χ4n) is 3.86. The summed E-state index contributed by atoms with van der Waals surface area (Å²) >= 11 is 0. The Morgan fingerprint density at radius 3 is 2.71 bits per heavy atom. The minimum Gasteiger partial charge on any atom is -0.466 e. The number of aliphatic hydroxyl groups excluding tert-OH is 2. The number of aryl methyl sites for hydroxylation is 2. The second-order valence-corrected chi connectivity index (χ2v) is 9.54. The second kappa shape index (κ2) is 15.3. The second-order valence-electron chi connectivity index (χ2n) is 9.54. The van der Waals surface area contributed by atoms with Crippen LogP contribution in [0.25, 0.3) is 0 Å². The maximum Gasteiger partial charge on any atom is 0.219 e. The third-order valence-electron chi connectivity index (χ3n) is 6.06. The molecule has 0 radical (unpaired) electrons. The molecule has 1 aromatic rings. The maximum atomic E-state index is 12.4. The number of aliphatic hydroxyl groups is 2. The van der Waals surface area contributed by atoms with E-state index in [1.54, 1.807) is 4.90 Å². The molecule has 0 bridgehead atoms. The zero-order valence-electron chi connectivity index (χ0n) is 21.3. The van der Waals surface area contributed by atoms with E-state index in [0.29, 0.717) is 32.2 Å². The molecule has 0 spiro atoms. The van der Waals surface area contributed by atoms with Gasteiger partial charge >= 0.3 is 0 Å². The van der Waals surface area contributed by atoms with Crippen molar-refractivity contribution in [3.8, 4) is 0 Å². The van der Waals surface area contributed by atoms with Crippen molar-refractivity contribution in [1.29, 1.82) is 0 Å². The number of carbonyl (C=O) groups excluding carboxylic acids is 1. The van der Waals surface area contributed by atoms with Gasteiger partial charge in [0.15, 0.2) is 0 Å². The van der Waals surface area contributed by atoms with Crippen molar-refractivity contribution in [3.63, 3.8) is 0 Å². The van der Waals surface area contributed by atoms with Crippen LogP contribution in [0.3, 0.4) is 0 Å². The summed E-state index contributed by atoms with van der Waals surface area (Å²) in [6.07, 6.45) is 3.70. The van der Waals surface area contributed by atoms with Gasteiger partial charge in [-0.05, 0) is 44.4 Å². The molecule has 1 aliphatic rings. The highest BCUT2D eigenvalue weighted by Gasteiger charge is 2.30. The summed E-state index contributed by atoms with van der Waals surface area (Å²) in [6.45, 7) is 11.6. The monoisotopic (exact) mass is 480 g/mol. The number of hydrogen-bond acceptors (Lipinski definition) is 7. The Hall–Kier alpha value is -1.71. The van der Waals surface area contributed by atoms with Crippen molar-refractivity contribution in [2.45, 2.75) is 65.3 Å². The average molecular weight is 481 g/mol. The summed E-state index contributed by atoms with van der Waals surface area (Å²) in [7, 11) is 0. The zero-order valence-corrected chi connectivity index (χ0v) is 21.3. The summed E-state index contributed by atoms with van der Waals surface area (Å²) < 4.78 is 17.2. The quantitative estimate of drug-likeness (QED) is 0.552. The molecule has 2 heterocycles. The van der Waals surface area contributed by atoms with Gasteiger partial charge in [-0.3, -0.25) is 9.69 Å². The number of furan rings is 1. The highest BCUT2D eigenvalue weighted by atomic mass is 16.5. The highest BCUT2D eigenvalue weighted by Crippen LogP contribution is 2.13. The molecular formula is C26H44N2O6. The molecule has 3 atom stereocenters. The van der Waals surface area contributed by atoms with Gasteiger partial charge in [-0.2, -0.15) is 0 Å². The van der Waals surface area contributed by atoms with E-state index < -0.39 is 18.3 Å². The third-order valence-corrected chi connectivity index (χ3v) is 6.06. The van der Waals surface area contributed by atoms with E-state index in [-0.39, 0.29) is 19.1 Å². The first-order chi connectivity index (χ1) is 16.3. The molecule has 0 fully saturated rings. The first kappa shape index (κ1) is 28.5. The lowest BCUT2D eigenvalue weighted by atomic mass is 10.1. The molecule has 8 heteroatoms. The smallest absolute Gasteiger partial charge is 0.219 e. The number of amides is 1. The molecule has 1 aliphatic heterocycles. The van der Waals surface area contributed by atoms with Crippen LogP contribution < -0.4 is 0 Å². The van der Waals surface area contributed by atoms with E-state index in [1.807, 2.05) is 31.2 Å². The first-order valence-corrected chi connectivity index (χ1v) is 12.5. The Kier molecular flexibility index (Phi) is 12.9. The molecule has 0 aliphatic carbocycles. The molecule has 0 saturated heterocycles. The van der Waals surface area contributed by atoms with Gasteiger partial charge in [0, 0.05) is 46.1 Å². The highest BCUT2D eigenvalue weighted by molar-refractivity contribution is 5.73. The van der Waals surface area contributed by atoms with Crippen molar-refractivity contribution >= 4 is 5.91 Å². The molecule has 0 saturated carbocycles. The largest absolute Gasteiger partial charge is 0.466 e. The van der Waals surface area contributed by atoms with Crippen LogP contribution in [-0.2, 0) is 20.7 Å². The first-order valence-electron chi connectivity index (χ1n) is 12.5. The number of ether oxygens (including phenoxy) is 2. The Labute approximate surface area is 204 Å². The SMILES string of the molecule is CC(=O)N1CCN(CCCc2ccc(C)o2)C/C=C/COC[C@@H](O)[C@@H](O)[C@H](OCCC(C)C)C1. The van der Waals surface area contributed by atoms with Gasteiger partial charge in [0.2, 0.25) is 5.91 Å². The zero-order chi connectivity index (χ0) is 24.9. The van der Waals surface area contributed by atoms with Gasteiger partial charge in [-0.15, -0.1) is 0 Å². The van der Waals surface area contributed by atoms with E-state index in [4.69, 9.17) is 13.9 Å². The lowest BCUT2D eigenvalue weighted by molar-refractivity contribution is -0.139. The van der Waals surface area contributed by atoms with Crippen molar-refractivity contribution in [3.05, 3.63) is 35.8 Å². The Balaban J connectivity index is 2.04. The number of rotatable bonds is 8. The Bertz CT molecular complexity index is 735. The van der Waals surface area contributed by atoms with Crippen molar-refractivity contribution in [2.24, 2.45) is 5.92 Å². The van der Waals surface area contributed by atoms with E-state index in [1.165, 1.54) is 6.92 Å². The molecule has 34 heavy (non-hydrogen) atoms. The number of hydrogen-bond donors (Lipinski definition) is 2. The molecule has 1 amide bonds. The summed E-state index contributed by atoms with van der Waals surface area (Å²) in [5.74, 6) is 2.29. The van der Waals surface area contributed by atoms with Gasteiger partial charge in [-0.25, -0.2) is 0 Å². The summed E-state index contributed by atoms with van der Waals surface area (Å²) in [5.41, 5.74) is 0. The van der Waals surface area contributed by atoms with E-state index in [9.17, 15) is 15.0 Å².